The Kier molecular flexibility index (Phi) is 6.52. The number of anilines is 3. The zero-order valence-corrected chi connectivity index (χ0v) is 21.9. The van der Waals surface area contributed by atoms with Gasteiger partial charge in [-0.2, -0.15) is 4.98 Å². The molecule has 1 aliphatic heterocycles. The van der Waals surface area contributed by atoms with Crippen LogP contribution >= 0.6 is 0 Å². The predicted molar refractivity (Wildman–Crippen MR) is 156 cm³/mol. The van der Waals surface area contributed by atoms with Gasteiger partial charge >= 0.3 is 0 Å². The number of nitrogens with one attached hydrogen (secondary N) is 1. The van der Waals surface area contributed by atoms with Crippen LogP contribution in [0.4, 0.5) is 17.3 Å². The van der Waals surface area contributed by atoms with Crippen molar-refractivity contribution in [2.45, 2.75) is 19.9 Å². The molecule has 38 heavy (non-hydrogen) atoms. The minimum absolute atomic E-state index is 0.0473. The van der Waals surface area contributed by atoms with Crippen LogP contribution < -0.4 is 15.8 Å². The molecule has 7 nitrogen and oxygen atoms in total. The van der Waals surface area contributed by atoms with E-state index < -0.39 is 0 Å². The molecular weight excluding hydrogens is 472 g/mol. The number of benzene rings is 2. The van der Waals surface area contributed by atoms with Crippen LogP contribution in [-0.4, -0.2) is 52.7 Å². The van der Waals surface area contributed by atoms with Gasteiger partial charge < -0.3 is 15.1 Å². The van der Waals surface area contributed by atoms with Crippen molar-refractivity contribution >= 4 is 33.9 Å². The third-order valence-electron chi connectivity index (χ3n) is 7.44. The molecule has 0 spiro atoms. The lowest BCUT2D eigenvalue weighted by molar-refractivity contribution is 0.313. The molecule has 1 N–H and O–H groups in total. The first-order valence-electron chi connectivity index (χ1n) is 13.3. The van der Waals surface area contributed by atoms with Gasteiger partial charge in [-0.25, -0.2) is 4.98 Å². The van der Waals surface area contributed by atoms with Crippen LogP contribution in [0.2, 0.25) is 0 Å². The zero-order chi connectivity index (χ0) is 26.1. The first kappa shape index (κ1) is 24.1. The second-order valence-corrected chi connectivity index (χ2v) is 9.92. The van der Waals surface area contributed by atoms with Crippen LogP contribution in [-0.2, 0) is 6.54 Å². The van der Waals surface area contributed by atoms with Crippen molar-refractivity contribution in [2.75, 3.05) is 43.4 Å². The fourth-order valence-electron chi connectivity index (χ4n) is 5.18. The van der Waals surface area contributed by atoms with Crippen LogP contribution in [0.5, 0.6) is 0 Å². The van der Waals surface area contributed by atoms with Gasteiger partial charge in [0.2, 0.25) is 5.95 Å². The highest BCUT2D eigenvalue weighted by atomic mass is 16.1. The monoisotopic (exact) mass is 504 g/mol. The third-order valence-corrected chi connectivity index (χ3v) is 7.44. The Labute approximate surface area is 222 Å². The van der Waals surface area contributed by atoms with Crippen molar-refractivity contribution in [1.29, 1.82) is 0 Å². The highest BCUT2D eigenvalue weighted by molar-refractivity contribution is 5.83. The molecule has 1 fully saturated rings. The number of pyridine rings is 1. The molecule has 2 aromatic heterocycles. The summed E-state index contributed by atoms with van der Waals surface area (Å²) in [4.78, 5) is 27.5. The summed E-state index contributed by atoms with van der Waals surface area (Å²) < 4.78 is 1.73. The van der Waals surface area contributed by atoms with Gasteiger partial charge in [-0.3, -0.25) is 9.36 Å². The molecule has 4 aromatic rings. The second kappa shape index (κ2) is 10.3. The van der Waals surface area contributed by atoms with E-state index in [-0.39, 0.29) is 5.56 Å². The molecule has 0 atom stereocenters. The standard InChI is InChI=1S/C31H32N6O/c1-3-37-29-25(20-28(30(37)38)24-10-8-23(9-11-24)22-6-4-5-7-22)21-32-31(34-29)33-26-12-14-27(15-13-26)36-18-16-35(2)17-19-36/h4,6-15,20-21H,3,5,16-19H2,1-2H3,(H,32,33,34). The van der Waals surface area contributed by atoms with Crippen LogP contribution in [0.15, 0.2) is 83.8 Å². The van der Waals surface area contributed by atoms with Crippen molar-refractivity contribution < 1.29 is 0 Å². The molecule has 0 amide bonds. The molecule has 192 valence electrons. The van der Waals surface area contributed by atoms with Crippen molar-refractivity contribution in [3.63, 3.8) is 0 Å². The van der Waals surface area contributed by atoms with E-state index in [0.29, 0.717) is 23.7 Å². The van der Waals surface area contributed by atoms with Crippen LogP contribution in [0.3, 0.4) is 0 Å². The van der Waals surface area contributed by atoms with Gasteiger partial charge in [0, 0.05) is 61.2 Å². The average molecular weight is 505 g/mol. The van der Waals surface area contributed by atoms with Crippen LogP contribution in [0, 0.1) is 0 Å². The Morgan fingerprint density at radius 3 is 2.37 bits per heavy atom. The van der Waals surface area contributed by atoms with Crippen LogP contribution in [0.25, 0.3) is 27.7 Å². The molecule has 6 rings (SSSR count). The highest BCUT2D eigenvalue weighted by Crippen LogP contribution is 2.27. The number of allylic oxidation sites excluding steroid dienone is 4. The van der Waals surface area contributed by atoms with E-state index in [1.165, 1.54) is 11.3 Å². The lowest BCUT2D eigenvalue weighted by Crippen LogP contribution is -2.44. The van der Waals surface area contributed by atoms with E-state index in [2.05, 4.69) is 81.8 Å². The molecule has 0 saturated carbocycles. The Morgan fingerprint density at radius 1 is 0.947 bits per heavy atom. The minimum Gasteiger partial charge on any atom is -0.369 e. The summed E-state index contributed by atoms with van der Waals surface area (Å²) in [6.07, 6.45) is 9.27. The topological polar surface area (TPSA) is 66.3 Å². The first-order valence-corrected chi connectivity index (χ1v) is 13.3. The van der Waals surface area contributed by atoms with E-state index in [0.717, 1.165) is 54.8 Å². The van der Waals surface area contributed by atoms with Gasteiger partial charge in [-0.05, 0) is 67.4 Å². The van der Waals surface area contributed by atoms with E-state index in [1.807, 2.05) is 25.1 Å². The number of rotatable bonds is 6. The second-order valence-electron chi connectivity index (χ2n) is 9.92. The summed E-state index contributed by atoms with van der Waals surface area (Å²) in [5.74, 6) is 0.474. The van der Waals surface area contributed by atoms with E-state index in [4.69, 9.17) is 4.98 Å². The van der Waals surface area contributed by atoms with Gasteiger partial charge in [0.1, 0.15) is 5.65 Å². The number of hydrogen-bond donors (Lipinski definition) is 1. The number of hydrogen-bond acceptors (Lipinski definition) is 6. The average Bonchev–Trinajstić information content (AvgIpc) is 3.49. The number of aryl methyl sites for hydroxylation is 1. The maximum atomic E-state index is 13.5. The third kappa shape index (κ3) is 4.73. The Morgan fingerprint density at radius 2 is 1.68 bits per heavy atom. The van der Waals surface area contributed by atoms with Crippen molar-refractivity contribution in [1.82, 2.24) is 19.4 Å². The molecule has 0 bridgehead atoms. The Balaban J connectivity index is 1.26. The lowest BCUT2D eigenvalue weighted by Gasteiger charge is -2.34. The Bertz CT molecular complexity index is 1580. The number of aromatic nitrogens is 3. The minimum atomic E-state index is -0.0473. The fourth-order valence-corrected chi connectivity index (χ4v) is 5.18. The van der Waals surface area contributed by atoms with Crippen LogP contribution in [0.1, 0.15) is 18.9 Å². The molecule has 0 radical (unpaired) electrons. The molecule has 7 heteroatoms. The van der Waals surface area contributed by atoms with E-state index in [1.54, 1.807) is 10.8 Å². The molecule has 2 aromatic carbocycles. The smallest absolute Gasteiger partial charge is 0.260 e. The molecular formula is C31H32N6O. The van der Waals surface area contributed by atoms with Gasteiger partial charge in [-0.1, -0.05) is 42.5 Å². The summed E-state index contributed by atoms with van der Waals surface area (Å²) >= 11 is 0. The van der Waals surface area contributed by atoms with Gasteiger partial charge in [0.15, 0.2) is 0 Å². The number of piperazine rings is 1. The maximum absolute atomic E-state index is 13.5. The summed E-state index contributed by atoms with van der Waals surface area (Å²) in [6, 6.07) is 18.5. The van der Waals surface area contributed by atoms with Crippen molar-refractivity contribution in [3.8, 4) is 11.1 Å². The van der Waals surface area contributed by atoms with Gasteiger partial charge in [0.25, 0.3) is 5.56 Å². The number of nitrogens with zero attached hydrogens (tertiary/aromatic N) is 5. The molecule has 3 heterocycles. The normalized spacial score (nSPS) is 15.7. The van der Waals surface area contributed by atoms with Crippen molar-refractivity contribution in [2.24, 2.45) is 0 Å². The summed E-state index contributed by atoms with van der Waals surface area (Å²) in [5.41, 5.74) is 6.66. The predicted octanol–water partition coefficient (Wildman–Crippen LogP) is 5.32. The van der Waals surface area contributed by atoms with Gasteiger partial charge in [0.05, 0.1) is 0 Å². The molecule has 1 saturated heterocycles. The first-order chi connectivity index (χ1) is 18.6. The Hall–Kier alpha value is -4.23. The van der Waals surface area contributed by atoms with Crippen molar-refractivity contribution in [3.05, 3.63) is 94.9 Å². The molecule has 1 aliphatic carbocycles. The molecule has 0 unspecified atom stereocenters. The number of likely N-dealkylation sites (N-methyl/N-ethyl adjacent to an activating group) is 1. The van der Waals surface area contributed by atoms with E-state index >= 15 is 0 Å². The lowest BCUT2D eigenvalue weighted by atomic mass is 10.0. The summed E-state index contributed by atoms with van der Waals surface area (Å²) in [6.45, 7) is 6.72. The van der Waals surface area contributed by atoms with E-state index in [9.17, 15) is 4.79 Å². The highest BCUT2D eigenvalue weighted by Gasteiger charge is 2.15. The summed E-state index contributed by atoms with van der Waals surface area (Å²) in [5, 5.41) is 4.14. The fraction of sp³-hybridized carbons (Fsp3) is 0.258. The van der Waals surface area contributed by atoms with Gasteiger partial charge in [-0.15, -0.1) is 0 Å². The quantitative estimate of drug-likeness (QED) is 0.384. The maximum Gasteiger partial charge on any atom is 0.260 e. The summed E-state index contributed by atoms with van der Waals surface area (Å²) in [7, 11) is 2.16. The zero-order valence-electron chi connectivity index (χ0n) is 21.9. The number of fused-ring (bicyclic) bond motifs is 1. The molecule has 2 aliphatic rings. The largest absolute Gasteiger partial charge is 0.369 e. The SMILES string of the molecule is CCn1c(=O)c(-c2ccc(C3=CCC=C3)cc2)cc2cnc(Nc3ccc(N4CCN(C)CC4)cc3)nc21.